The van der Waals surface area contributed by atoms with Crippen molar-refractivity contribution in [1.29, 1.82) is 0 Å². The number of hydrogen-bond donors (Lipinski definition) is 2. The molecule has 15 heavy (non-hydrogen) atoms. The first-order valence-electron chi connectivity index (χ1n) is 3.97. The molecule has 0 amide bonds. The largest absolute Gasteiger partial charge is 0.468 e. The minimum Gasteiger partial charge on any atom is -0.468 e. The quantitative estimate of drug-likeness (QED) is 0.776. The lowest BCUT2D eigenvalue weighted by atomic mass is 10.1. The van der Waals surface area contributed by atoms with Gasteiger partial charge in [-0.05, 0) is 6.92 Å². The van der Waals surface area contributed by atoms with Gasteiger partial charge in [0.25, 0.3) is 0 Å². The maximum Gasteiger partial charge on any atom is 0.323 e. The lowest BCUT2D eigenvalue weighted by Gasteiger charge is -2.07. The monoisotopic (exact) mass is 255 g/mol. The summed E-state index contributed by atoms with van der Waals surface area (Å²) in [6.07, 6.45) is 1.98. The summed E-state index contributed by atoms with van der Waals surface area (Å²) in [7, 11) is 1.32. The SMILES string of the molecule is COC(=O)C(N)Cc1nc[nH]c1C.Cl.Cl. The highest BCUT2D eigenvalue weighted by Crippen LogP contribution is 2.03. The molecule has 5 nitrogen and oxygen atoms in total. The average molecular weight is 256 g/mol. The molecular weight excluding hydrogens is 241 g/mol. The molecule has 0 radical (unpaired) electrons. The molecule has 0 fully saturated rings. The van der Waals surface area contributed by atoms with E-state index in [-0.39, 0.29) is 24.8 Å². The Morgan fingerprint density at radius 3 is 2.67 bits per heavy atom. The number of H-pyrrole nitrogens is 1. The summed E-state index contributed by atoms with van der Waals surface area (Å²) in [6.45, 7) is 1.88. The van der Waals surface area contributed by atoms with Gasteiger partial charge in [-0.3, -0.25) is 4.79 Å². The first-order valence-corrected chi connectivity index (χ1v) is 3.97. The Bertz CT molecular complexity index is 304. The van der Waals surface area contributed by atoms with E-state index in [0.29, 0.717) is 6.42 Å². The number of nitrogens with zero attached hydrogens (tertiary/aromatic N) is 1. The first-order chi connectivity index (χ1) is 6.15. The van der Waals surface area contributed by atoms with E-state index in [2.05, 4.69) is 14.7 Å². The lowest BCUT2D eigenvalue weighted by Crippen LogP contribution is -2.33. The van der Waals surface area contributed by atoms with Crippen LogP contribution >= 0.6 is 24.8 Å². The van der Waals surface area contributed by atoms with Gasteiger partial charge in [0.05, 0.1) is 19.1 Å². The molecule has 3 N–H and O–H groups in total. The van der Waals surface area contributed by atoms with Crippen molar-refractivity contribution in [1.82, 2.24) is 9.97 Å². The molecule has 0 aliphatic rings. The molecular formula is C8H15Cl2N3O2. The Hall–Kier alpha value is -0.780. The second-order valence-electron chi connectivity index (χ2n) is 2.81. The van der Waals surface area contributed by atoms with E-state index in [1.165, 1.54) is 7.11 Å². The number of ether oxygens (including phenoxy) is 1. The molecule has 0 bridgehead atoms. The van der Waals surface area contributed by atoms with E-state index >= 15 is 0 Å². The third kappa shape index (κ3) is 4.51. The van der Waals surface area contributed by atoms with Crippen LogP contribution in [-0.4, -0.2) is 29.1 Å². The number of imidazole rings is 1. The van der Waals surface area contributed by atoms with Gasteiger partial charge in [-0.15, -0.1) is 24.8 Å². The van der Waals surface area contributed by atoms with Crippen molar-refractivity contribution in [3.8, 4) is 0 Å². The molecule has 0 aromatic carbocycles. The number of aryl methyl sites for hydroxylation is 1. The number of halogens is 2. The number of carbonyl (C=O) groups is 1. The first kappa shape index (κ1) is 16.6. The molecule has 1 aromatic rings. The molecule has 88 valence electrons. The molecule has 1 rings (SSSR count). The highest BCUT2D eigenvalue weighted by atomic mass is 35.5. The third-order valence-electron chi connectivity index (χ3n) is 1.85. The maximum atomic E-state index is 11.0. The van der Waals surface area contributed by atoms with Gasteiger partial charge in [0.15, 0.2) is 0 Å². The van der Waals surface area contributed by atoms with Gasteiger partial charge < -0.3 is 15.5 Å². The van der Waals surface area contributed by atoms with Gasteiger partial charge in [-0.2, -0.15) is 0 Å². The van der Waals surface area contributed by atoms with Crippen LogP contribution in [0.1, 0.15) is 11.4 Å². The molecule has 7 heteroatoms. The van der Waals surface area contributed by atoms with Crippen LogP contribution in [0.25, 0.3) is 0 Å². The summed E-state index contributed by atoms with van der Waals surface area (Å²) < 4.78 is 4.50. The molecule has 0 spiro atoms. The molecule has 0 aliphatic carbocycles. The number of nitrogens with two attached hydrogens (primary N) is 1. The van der Waals surface area contributed by atoms with Gasteiger partial charge in [0.1, 0.15) is 6.04 Å². The molecule has 0 aliphatic heterocycles. The highest BCUT2D eigenvalue weighted by molar-refractivity contribution is 5.85. The van der Waals surface area contributed by atoms with E-state index in [4.69, 9.17) is 5.73 Å². The van der Waals surface area contributed by atoms with Crippen molar-refractivity contribution in [2.45, 2.75) is 19.4 Å². The van der Waals surface area contributed by atoms with E-state index in [9.17, 15) is 4.79 Å². The van der Waals surface area contributed by atoms with E-state index in [1.807, 2.05) is 6.92 Å². The number of hydrogen-bond acceptors (Lipinski definition) is 4. The number of aromatic nitrogens is 2. The van der Waals surface area contributed by atoms with Crippen LogP contribution < -0.4 is 5.73 Å². The molecule has 0 saturated heterocycles. The van der Waals surface area contributed by atoms with Crippen molar-refractivity contribution in [3.05, 3.63) is 17.7 Å². The fraction of sp³-hybridized carbons (Fsp3) is 0.500. The number of esters is 1. The predicted octanol–water partition coefficient (Wildman–Crippen LogP) is 0.605. The van der Waals surface area contributed by atoms with Gasteiger partial charge >= 0.3 is 5.97 Å². The molecule has 1 unspecified atom stereocenters. The fourth-order valence-corrected chi connectivity index (χ4v) is 1.04. The van der Waals surface area contributed by atoms with E-state index < -0.39 is 12.0 Å². The summed E-state index contributed by atoms with van der Waals surface area (Å²) in [5.74, 6) is -0.414. The Morgan fingerprint density at radius 1 is 1.67 bits per heavy atom. The minimum absolute atomic E-state index is 0. The Balaban J connectivity index is 0. The van der Waals surface area contributed by atoms with Gasteiger partial charge in [-0.1, -0.05) is 0 Å². The summed E-state index contributed by atoms with van der Waals surface area (Å²) >= 11 is 0. The fourth-order valence-electron chi connectivity index (χ4n) is 1.04. The van der Waals surface area contributed by atoms with Crippen molar-refractivity contribution >= 4 is 30.8 Å². The summed E-state index contributed by atoms with van der Waals surface area (Å²) in [6, 6.07) is -0.632. The van der Waals surface area contributed by atoms with Crippen LogP contribution in [0.4, 0.5) is 0 Å². The van der Waals surface area contributed by atoms with Crippen LogP contribution in [-0.2, 0) is 16.0 Å². The molecule has 1 atom stereocenters. The van der Waals surface area contributed by atoms with E-state index in [0.717, 1.165) is 11.4 Å². The summed E-state index contributed by atoms with van der Waals surface area (Å²) in [5.41, 5.74) is 7.29. The number of nitrogens with one attached hydrogen (secondary N) is 1. The molecule has 0 saturated carbocycles. The zero-order valence-corrected chi connectivity index (χ0v) is 10.2. The Morgan fingerprint density at radius 2 is 2.27 bits per heavy atom. The van der Waals surface area contributed by atoms with Crippen molar-refractivity contribution in [2.24, 2.45) is 5.73 Å². The number of rotatable bonds is 3. The van der Waals surface area contributed by atoms with Crippen LogP contribution in [0.2, 0.25) is 0 Å². The Kier molecular flexibility index (Phi) is 8.33. The zero-order chi connectivity index (χ0) is 9.84. The average Bonchev–Trinajstić information content (AvgIpc) is 2.50. The second kappa shape index (κ2) is 7.50. The zero-order valence-electron chi connectivity index (χ0n) is 8.52. The molecule has 1 heterocycles. The molecule has 1 aromatic heterocycles. The van der Waals surface area contributed by atoms with Gasteiger partial charge in [0, 0.05) is 12.1 Å². The topological polar surface area (TPSA) is 81.0 Å². The second-order valence-corrected chi connectivity index (χ2v) is 2.81. The van der Waals surface area contributed by atoms with Crippen molar-refractivity contribution in [3.63, 3.8) is 0 Å². The van der Waals surface area contributed by atoms with Crippen LogP contribution in [0, 0.1) is 6.92 Å². The Labute approximate surface area is 101 Å². The van der Waals surface area contributed by atoms with E-state index in [1.54, 1.807) is 6.33 Å². The normalized spacial score (nSPS) is 10.9. The number of carbonyl (C=O) groups excluding carboxylic acids is 1. The van der Waals surface area contributed by atoms with Crippen molar-refractivity contribution in [2.75, 3.05) is 7.11 Å². The smallest absolute Gasteiger partial charge is 0.323 e. The highest BCUT2D eigenvalue weighted by Gasteiger charge is 2.16. The van der Waals surface area contributed by atoms with Crippen LogP contribution in [0.5, 0.6) is 0 Å². The van der Waals surface area contributed by atoms with Crippen LogP contribution in [0.3, 0.4) is 0 Å². The van der Waals surface area contributed by atoms with Gasteiger partial charge in [0.2, 0.25) is 0 Å². The van der Waals surface area contributed by atoms with Crippen molar-refractivity contribution < 1.29 is 9.53 Å². The minimum atomic E-state index is -0.632. The number of methoxy groups -OCH3 is 1. The summed E-state index contributed by atoms with van der Waals surface area (Å²) in [4.78, 5) is 17.9. The standard InChI is InChI=1S/C8H13N3O2.2ClH/c1-5-7(11-4-10-5)3-6(9)8(12)13-2;;/h4,6H,3,9H2,1-2H3,(H,10,11);2*1H. The predicted molar refractivity (Wildman–Crippen MR) is 61.5 cm³/mol. The number of aromatic amines is 1. The summed E-state index contributed by atoms with van der Waals surface area (Å²) in [5, 5.41) is 0. The third-order valence-corrected chi connectivity index (χ3v) is 1.85. The van der Waals surface area contributed by atoms with Crippen LogP contribution in [0.15, 0.2) is 6.33 Å². The maximum absolute atomic E-state index is 11.0. The van der Waals surface area contributed by atoms with Gasteiger partial charge in [-0.25, -0.2) is 4.98 Å². The lowest BCUT2D eigenvalue weighted by molar-refractivity contribution is -0.142.